The molecule has 1 atom stereocenters. The van der Waals surface area contributed by atoms with Crippen molar-refractivity contribution in [2.75, 3.05) is 19.7 Å². The Bertz CT molecular complexity index is 1300. The highest BCUT2D eigenvalue weighted by atomic mass is 35.5. The van der Waals surface area contributed by atoms with Gasteiger partial charge in [-0.05, 0) is 49.1 Å². The van der Waals surface area contributed by atoms with Gasteiger partial charge in [0.05, 0.1) is 24.6 Å². The molecule has 11 heteroatoms. The normalized spacial score (nSPS) is 15.9. The Morgan fingerprint density at radius 1 is 1.13 bits per heavy atom. The molecule has 0 radical (unpaired) electrons. The fourth-order valence-corrected chi connectivity index (χ4v) is 5.64. The van der Waals surface area contributed by atoms with E-state index in [2.05, 4.69) is 4.98 Å². The van der Waals surface area contributed by atoms with E-state index in [-0.39, 0.29) is 24.3 Å². The van der Waals surface area contributed by atoms with Crippen molar-refractivity contribution in [3.63, 3.8) is 0 Å². The molecule has 6 nitrogen and oxygen atoms in total. The Hall–Kier alpha value is -2.95. The third-order valence-electron chi connectivity index (χ3n) is 6.41. The van der Waals surface area contributed by atoms with Gasteiger partial charge < -0.3 is 9.64 Å². The van der Waals surface area contributed by atoms with Crippen molar-refractivity contribution in [1.82, 2.24) is 14.8 Å². The van der Waals surface area contributed by atoms with E-state index in [9.17, 15) is 22.8 Å². The van der Waals surface area contributed by atoms with Crippen LogP contribution in [0, 0.1) is 5.92 Å². The molecule has 0 N–H and O–H groups in total. The van der Waals surface area contributed by atoms with E-state index in [0.29, 0.717) is 66.9 Å². The Labute approximate surface area is 234 Å². The lowest BCUT2D eigenvalue weighted by molar-refractivity contribution is -0.149. The van der Waals surface area contributed by atoms with E-state index in [1.54, 1.807) is 29.3 Å². The molecule has 0 unspecified atom stereocenters. The van der Waals surface area contributed by atoms with Gasteiger partial charge in [-0.3, -0.25) is 14.5 Å². The first-order valence-electron chi connectivity index (χ1n) is 12.7. The van der Waals surface area contributed by atoms with E-state index in [1.807, 2.05) is 23.1 Å². The Morgan fingerprint density at radius 3 is 2.54 bits per heavy atom. The van der Waals surface area contributed by atoms with Crippen LogP contribution in [0.3, 0.4) is 0 Å². The molecule has 2 heterocycles. The maximum atomic E-state index is 13.3. The number of hydrogen-bond acceptors (Lipinski definition) is 6. The number of likely N-dealkylation sites (tertiary alicyclic amines) is 1. The van der Waals surface area contributed by atoms with Gasteiger partial charge in [-0.1, -0.05) is 41.9 Å². The minimum Gasteiger partial charge on any atom is -0.466 e. The molecule has 0 bridgehead atoms. The van der Waals surface area contributed by atoms with Crippen LogP contribution < -0.4 is 0 Å². The highest BCUT2D eigenvalue weighted by Gasteiger charge is 2.32. The number of rotatable bonds is 9. The zero-order valence-electron chi connectivity index (χ0n) is 21.4. The van der Waals surface area contributed by atoms with Gasteiger partial charge in [-0.2, -0.15) is 13.2 Å². The molecule has 4 rings (SSSR count). The third-order valence-corrected chi connectivity index (χ3v) is 7.48. The molecule has 1 aliphatic rings. The summed E-state index contributed by atoms with van der Waals surface area (Å²) in [7, 11) is 0. The summed E-state index contributed by atoms with van der Waals surface area (Å²) in [6.45, 7) is 3.87. The third kappa shape index (κ3) is 8.03. The second-order valence-corrected chi connectivity index (χ2v) is 10.8. The highest BCUT2D eigenvalue weighted by molar-refractivity contribution is 7.09. The zero-order valence-corrected chi connectivity index (χ0v) is 23.0. The summed E-state index contributed by atoms with van der Waals surface area (Å²) in [6, 6.07) is 12.6. The summed E-state index contributed by atoms with van der Waals surface area (Å²) < 4.78 is 45.0. The summed E-state index contributed by atoms with van der Waals surface area (Å²) in [4.78, 5) is 33.5. The second-order valence-electron chi connectivity index (χ2n) is 9.44. The SMILES string of the molecule is CCOC(=O)[C@H]1CCCN(C(=O)c2csc(CN(Cc3cccc(Cl)c3)Cc3cccc(C(F)(F)F)c3)n2)C1. The van der Waals surface area contributed by atoms with E-state index >= 15 is 0 Å². The fourth-order valence-electron chi connectivity index (χ4n) is 4.61. The number of esters is 1. The van der Waals surface area contributed by atoms with Crippen molar-refractivity contribution in [2.45, 2.75) is 45.6 Å². The summed E-state index contributed by atoms with van der Waals surface area (Å²) in [6.07, 6.45) is -3.05. The van der Waals surface area contributed by atoms with E-state index in [4.69, 9.17) is 16.3 Å². The van der Waals surface area contributed by atoms with Crippen molar-refractivity contribution in [2.24, 2.45) is 5.92 Å². The first-order chi connectivity index (χ1) is 18.6. The van der Waals surface area contributed by atoms with Gasteiger partial charge in [0.25, 0.3) is 5.91 Å². The van der Waals surface area contributed by atoms with Crippen molar-refractivity contribution >= 4 is 34.8 Å². The van der Waals surface area contributed by atoms with Crippen molar-refractivity contribution < 1.29 is 27.5 Å². The minimum atomic E-state index is -4.43. The summed E-state index contributed by atoms with van der Waals surface area (Å²) in [5.41, 5.74) is 1.01. The van der Waals surface area contributed by atoms with Gasteiger partial charge in [0.15, 0.2) is 0 Å². The molecular formula is C28H29ClF3N3O3S. The van der Waals surface area contributed by atoms with Crippen LogP contribution in [0.4, 0.5) is 13.2 Å². The van der Waals surface area contributed by atoms with E-state index in [0.717, 1.165) is 17.7 Å². The van der Waals surface area contributed by atoms with E-state index in [1.165, 1.54) is 17.4 Å². The number of amides is 1. The molecule has 208 valence electrons. The second kappa shape index (κ2) is 12.9. The maximum Gasteiger partial charge on any atom is 0.416 e. The number of carbonyl (C=O) groups excluding carboxylic acids is 2. The zero-order chi connectivity index (χ0) is 28.0. The molecule has 0 spiro atoms. The number of halogens is 4. The smallest absolute Gasteiger partial charge is 0.416 e. The molecule has 2 aromatic carbocycles. The Kier molecular flexibility index (Phi) is 9.63. The average molecular weight is 580 g/mol. The predicted octanol–water partition coefficient (Wildman–Crippen LogP) is 6.43. The summed E-state index contributed by atoms with van der Waals surface area (Å²) in [5, 5.41) is 2.91. The highest BCUT2D eigenvalue weighted by Crippen LogP contribution is 2.30. The van der Waals surface area contributed by atoms with Gasteiger partial charge in [-0.15, -0.1) is 11.3 Å². The lowest BCUT2D eigenvalue weighted by Crippen LogP contribution is -2.43. The number of benzene rings is 2. The topological polar surface area (TPSA) is 62.7 Å². The monoisotopic (exact) mass is 579 g/mol. The van der Waals surface area contributed by atoms with E-state index < -0.39 is 11.7 Å². The quantitative estimate of drug-likeness (QED) is 0.273. The number of piperidine rings is 1. The number of carbonyl (C=O) groups is 2. The summed E-state index contributed by atoms with van der Waals surface area (Å²) >= 11 is 7.47. The number of alkyl halides is 3. The molecule has 1 saturated heterocycles. The molecule has 39 heavy (non-hydrogen) atoms. The number of thiazole rings is 1. The van der Waals surface area contributed by atoms with Crippen molar-refractivity contribution in [3.8, 4) is 0 Å². The molecule has 3 aromatic rings. The number of ether oxygens (including phenoxy) is 1. The maximum absolute atomic E-state index is 13.3. The molecule has 0 aliphatic carbocycles. The van der Waals surface area contributed by atoms with Crippen LogP contribution in [0.5, 0.6) is 0 Å². The molecule has 0 saturated carbocycles. The lowest BCUT2D eigenvalue weighted by atomic mass is 9.98. The van der Waals surface area contributed by atoms with Gasteiger partial charge in [0, 0.05) is 36.6 Å². The Balaban J connectivity index is 1.49. The molecule has 1 aromatic heterocycles. The van der Waals surface area contributed by atoms with Gasteiger partial charge in [-0.25, -0.2) is 4.98 Å². The van der Waals surface area contributed by atoms with Crippen molar-refractivity contribution in [3.05, 3.63) is 86.3 Å². The number of hydrogen-bond donors (Lipinski definition) is 0. The first-order valence-corrected chi connectivity index (χ1v) is 13.9. The number of nitrogens with zero attached hydrogens (tertiary/aromatic N) is 3. The Morgan fingerprint density at radius 2 is 1.85 bits per heavy atom. The van der Waals surface area contributed by atoms with Crippen LogP contribution in [-0.2, 0) is 35.3 Å². The van der Waals surface area contributed by atoms with Gasteiger partial charge in [0.1, 0.15) is 10.7 Å². The van der Waals surface area contributed by atoms with Crippen LogP contribution in [0.1, 0.15) is 52.0 Å². The fraction of sp³-hybridized carbons (Fsp3) is 0.393. The van der Waals surface area contributed by atoms with Gasteiger partial charge >= 0.3 is 12.1 Å². The van der Waals surface area contributed by atoms with Crippen LogP contribution >= 0.6 is 22.9 Å². The standard InChI is InChI=1S/C28H29ClF3N3O3S/c1-2-38-27(37)21-8-5-11-35(16-21)26(36)24-18-39-25(33-24)17-34(15-20-7-4-10-23(29)13-20)14-19-6-3-9-22(12-19)28(30,31)32/h3-4,6-7,9-10,12-13,18,21H,2,5,8,11,14-17H2,1H3/t21-/m0/s1. The van der Waals surface area contributed by atoms with Crippen LogP contribution in [-0.4, -0.2) is 46.4 Å². The van der Waals surface area contributed by atoms with Crippen LogP contribution in [0.2, 0.25) is 5.02 Å². The predicted molar refractivity (Wildman–Crippen MR) is 143 cm³/mol. The lowest BCUT2D eigenvalue weighted by Gasteiger charge is -2.31. The first kappa shape index (κ1) is 29.0. The summed E-state index contributed by atoms with van der Waals surface area (Å²) in [5.74, 6) is -0.882. The number of aromatic nitrogens is 1. The van der Waals surface area contributed by atoms with Crippen LogP contribution in [0.25, 0.3) is 0 Å². The van der Waals surface area contributed by atoms with Crippen molar-refractivity contribution in [1.29, 1.82) is 0 Å². The molecule has 1 aliphatic heterocycles. The largest absolute Gasteiger partial charge is 0.466 e. The molecular weight excluding hydrogens is 551 g/mol. The van der Waals surface area contributed by atoms with Gasteiger partial charge in [0.2, 0.25) is 0 Å². The van der Waals surface area contributed by atoms with Crippen LogP contribution in [0.15, 0.2) is 53.9 Å². The molecule has 1 fully saturated rings. The average Bonchev–Trinajstić information content (AvgIpc) is 3.36. The molecule has 1 amide bonds. The minimum absolute atomic E-state index is 0.243.